The lowest BCUT2D eigenvalue weighted by molar-refractivity contribution is -0.122. The highest BCUT2D eigenvalue weighted by molar-refractivity contribution is 6.44. The van der Waals surface area contributed by atoms with E-state index in [2.05, 4.69) is 10.6 Å². The molecule has 1 aliphatic rings. The molecule has 3 amide bonds. The Balaban J connectivity index is 1.44. The molecule has 1 aliphatic heterocycles. The highest BCUT2D eigenvalue weighted by Crippen LogP contribution is 2.36. The average Bonchev–Trinajstić information content (AvgIpc) is 3.19. The van der Waals surface area contributed by atoms with Gasteiger partial charge in [0.05, 0.1) is 21.7 Å². The first kappa shape index (κ1) is 23.8. The third-order valence-electron chi connectivity index (χ3n) is 5.74. The van der Waals surface area contributed by atoms with Crippen molar-refractivity contribution >= 4 is 58.0 Å². The van der Waals surface area contributed by atoms with Gasteiger partial charge in [0.1, 0.15) is 0 Å². The molecule has 174 valence electrons. The van der Waals surface area contributed by atoms with Crippen molar-refractivity contribution in [1.82, 2.24) is 0 Å². The number of hydrogen-bond acceptors (Lipinski definition) is 3. The number of nitrogens with one attached hydrogen (secondary N) is 2. The molecule has 0 spiro atoms. The minimum Gasteiger partial charge on any atom is -0.326 e. The van der Waals surface area contributed by atoms with Crippen molar-refractivity contribution in [2.45, 2.75) is 20.3 Å². The van der Waals surface area contributed by atoms with Gasteiger partial charge in [0.25, 0.3) is 5.91 Å². The Morgan fingerprint density at radius 3 is 2.50 bits per heavy atom. The number of halogens is 2. The number of nitrogens with zero attached hydrogens (tertiary/aromatic N) is 1. The molecule has 3 aromatic rings. The third kappa shape index (κ3) is 5.08. The molecule has 0 aliphatic carbocycles. The Hall–Kier alpha value is -3.35. The van der Waals surface area contributed by atoms with E-state index >= 15 is 0 Å². The molecule has 1 atom stereocenters. The summed E-state index contributed by atoms with van der Waals surface area (Å²) in [4.78, 5) is 39.7. The van der Waals surface area contributed by atoms with Gasteiger partial charge in [-0.2, -0.15) is 0 Å². The largest absolute Gasteiger partial charge is 0.326 e. The molecule has 1 heterocycles. The van der Waals surface area contributed by atoms with Crippen LogP contribution >= 0.6 is 23.2 Å². The summed E-state index contributed by atoms with van der Waals surface area (Å²) >= 11 is 12.3. The summed E-state index contributed by atoms with van der Waals surface area (Å²) in [5.74, 6) is -1.34. The Morgan fingerprint density at radius 1 is 0.971 bits per heavy atom. The highest BCUT2D eigenvalue weighted by atomic mass is 35.5. The van der Waals surface area contributed by atoms with E-state index in [-0.39, 0.29) is 35.7 Å². The number of anilines is 3. The van der Waals surface area contributed by atoms with Gasteiger partial charge in [-0.05, 0) is 55.8 Å². The quantitative estimate of drug-likeness (QED) is 0.465. The fraction of sp³-hybridized carbons (Fsp3) is 0.192. The lowest BCUT2D eigenvalue weighted by atomic mass is 10.1. The molecule has 8 heteroatoms. The van der Waals surface area contributed by atoms with Crippen LogP contribution in [-0.2, 0) is 9.59 Å². The molecule has 3 aromatic carbocycles. The van der Waals surface area contributed by atoms with E-state index in [1.165, 1.54) is 4.90 Å². The molecule has 0 radical (unpaired) electrons. The Morgan fingerprint density at radius 2 is 1.74 bits per heavy atom. The highest BCUT2D eigenvalue weighted by Gasteiger charge is 2.36. The van der Waals surface area contributed by atoms with Crippen molar-refractivity contribution in [3.8, 4) is 0 Å². The lowest BCUT2D eigenvalue weighted by Crippen LogP contribution is -2.28. The van der Waals surface area contributed by atoms with Gasteiger partial charge in [0.2, 0.25) is 11.8 Å². The number of carbonyl (C=O) groups excluding carboxylic acids is 3. The van der Waals surface area contributed by atoms with Crippen LogP contribution in [0, 0.1) is 19.8 Å². The summed E-state index contributed by atoms with van der Waals surface area (Å²) in [5, 5.41) is 6.35. The van der Waals surface area contributed by atoms with E-state index in [9.17, 15) is 14.4 Å². The van der Waals surface area contributed by atoms with Gasteiger partial charge in [-0.1, -0.05) is 53.0 Å². The maximum Gasteiger partial charge on any atom is 0.255 e. The van der Waals surface area contributed by atoms with E-state index < -0.39 is 5.92 Å². The van der Waals surface area contributed by atoms with Gasteiger partial charge in [-0.3, -0.25) is 14.4 Å². The molecule has 4 rings (SSSR count). The standard InChI is InChI=1S/C26H23Cl2N3O3/c1-15-9-10-21(16(2)11-15)30-25(33)17-5-3-6-19(12-17)29-26(34)18-13-23(32)31(14-18)22-8-4-7-20(27)24(22)28/h3-12,18H,13-14H2,1-2H3,(H,29,34)(H,30,33)/t18-/m0/s1. The molecule has 6 nitrogen and oxygen atoms in total. The molecule has 0 bridgehead atoms. The number of hydrogen-bond donors (Lipinski definition) is 2. The molecule has 1 saturated heterocycles. The van der Waals surface area contributed by atoms with Crippen LogP contribution in [0.15, 0.2) is 60.7 Å². The zero-order valence-corrected chi connectivity index (χ0v) is 20.2. The zero-order chi connectivity index (χ0) is 24.4. The third-order valence-corrected chi connectivity index (χ3v) is 6.55. The Bertz CT molecular complexity index is 1290. The van der Waals surface area contributed by atoms with Gasteiger partial charge >= 0.3 is 0 Å². The Kier molecular flexibility index (Phi) is 6.91. The average molecular weight is 496 g/mol. The monoisotopic (exact) mass is 495 g/mol. The van der Waals surface area contributed by atoms with Crippen LogP contribution in [0.2, 0.25) is 10.0 Å². The molecule has 34 heavy (non-hydrogen) atoms. The maximum atomic E-state index is 12.9. The lowest BCUT2D eigenvalue weighted by Gasteiger charge is -2.18. The van der Waals surface area contributed by atoms with E-state index in [1.807, 2.05) is 32.0 Å². The van der Waals surface area contributed by atoms with Gasteiger partial charge < -0.3 is 15.5 Å². The van der Waals surface area contributed by atoms with Crippen LogP contribution in [0.5, 0.6) is 0 Å². The van der Waals surface area contributed by atoms with Gasteiger partial charge in [0.15, 0.2) is 0 Å². The number of rotatable bonds is 5. The first-order valence-electron chi connectivity index (χ1n) is 10.8. The van der Waals surface area contributed by atoms with Crippen molar-refractivity contribution in [1.29, 1.82) is 0 Å². The topological polar surface area (TPSA) is 78.5 Å². The van der Waals surface area contributed by atoms with E-state index in [0.29, 0.717) is 22.0 Å². The first-order valence-corrected chi connectivity index (χ1v) is 11.5. The van der Waals surface area contributed by atoms with Crippen molar-refractivity contribution in [3.05, 3.63) is 87.4 Å². The second-order valence-corrected chi connectivity index (χ2v) is 9.11. The smallest absolute Gasteiger partial charge is 0.255 e. The van der Waals surface area contributed by atoms with Crippen molar-refractivity contribution in [2.24, 2.45) is 5.92 Å². The van der Waals surface area contributed by atoms with Crippen molar-refractivity contribution < 1.29 is 14.4 Å². The van der Waals surface area contributed by atoms with Crippen molar-refractivity contribution in [2.75, 3.05) is 22.1 Å². The van der Waals surface area contributed by atoms with Crippen LogP contribution in [0.25, 0.3) is 0 Å². The first-order chi connectivity index (χ1) is 16.2. The second kappa shape index (κ2) is 9.87. The predicted molar refractivity (Wildman–Crippen MR) is 136 cm³/mol. The maximum absolute atomic E-state index is 12.9. The number of carbonyl (C=O) groups is 3. The molecule has 0 unspecified atom stereocenters. The fourth-order valence-corrected chi connectivity index (χ4v) is 4.35. The van der Waals surface area contributed by atoms with Crippen molar-refractivity contribution in [3.63, 3.8) is 0 Å². The molecular weight excluding hydrogens is 473 g/mol. The summed E-state index contributed by atoms with van der Waals surface area (Å²) in [6.07, 6.45) is 0.0571. The second-order valence-electron chi connectivity index (χ2n) is 8.32. The summed E-state index contributed by atoms with van der Waals surface area (Å²) in [5.41, 5.74) is 4.18. The van der Waals surface area contributed by atoms with Crippen LogP contribution in [-0.4, -0.2) is 24.3 Å². The number of aryl methyl sites for hydroxylation is 2. The predicted octanol–water partition coefficient (Wildman–Crippen LogP) is 5.85. The minimum absolute atomic E-state index is 0.0571. The summed E-state index contributed by atoms with van der Waals surface area (Å²) in [6.45, 7) is 4.12. The molecule has 0 aromatic heterocycles. The van der Waals surface area contributed by atoms with Crippen LogP contribution in [0.3, 0.4) is 0 Å². The van der Waals surface area contributed by atoms with Gasteiger partial charge in [0, 0.05) is 29.9 Å². The van der Waals surface area contributed by atoms with E-state index in [0.717, 1.165) is 16.8 Å². The summed E-state index contributed by atoms with van der Waals surface area (Å²) < 4.78 is 0. The van der Waals surface area contributed by atoms with Crippen LogP contribution in [0.4, 0.5) is 17.1 Å². The number of benzene rings is 3. The molecule has 1 fully saturated rings. The van der Waals surface area contributed by atoms with E-state index in [4.69, 9.17) is 23.2 Å². The Labute approximate surface area is 207 Å². The SMILES string of the molecule is Cc1ccc(NC(=O)c2cccc(NC(=O)[C@H]3CC(=O)N(c4cccc(Cl)c4Cl)C3)c2)c(C)c1. The molecule has 2 N–H and O–H groups in total. The normalized spacial score (nSPS) is 15.4. The zero-order valence-electron chi connectivity index (χ0n) is 18.7. The van der Waals surface area contributed by atoms with Crippen LogP contribution < -0.4 is 15.5 Å². The minimum atomic E-state index is -0.560. The fourth-order valence-electron chi connectivity index (χ4n) is 3.95. The molecular formula is C26H23Cl2N3O3. The summed E-state index contributed by atoms with van der Waals surface area (Å²) in [7, 11) is 0. The molecule has 0 saturated carbocycles. The van der Waals surface area contributed by atoms with E-state index in [1.54, 1.807) is 42.5 Å². The van der Waals surface area contributed by atoms with Crippen LogP contribution in [0.1, 0.15) is 27.9 Å². The summed E-state index contributed by atoms with van der Waals surface area (Å²) in [6, 6.07) is 17.5. The number of amides is 3. The van der Waals surface area contributed by atoms with Gasteiger partial charge in [-0.25, -0.2) is 0 Å². The van der Waals surface area contributed by atoms with Gasteiger partial charge in [-0.15, -0.1) is 0 Å².